The van der Waals surface area contributed by atoms with Crippen molar-refractivity contribution in [3.05, 3.63) is 62.8 Å². The van der Waals surface area contributed by atoms with Gasteiger partial charge in [0.25, 0.3) is 0 Å². The van der Waals surface area contributed by atoms with Crippen molar-refractivity contribution in [3.63, 3.8) is 0 Å². The van der Waals surface area contributed by atoms with Gasteiger partial charge in [-0.25, -0.2) is 4.79 Å². The van der Waals surface area contributed by atoms with Crippen molar-refractivity contribution in [2.24, 2.45) is 5.92 Å². The molecule has 2 aliphatic rings. The number of carbonyl (C=O) groups is 1. The normalized spacial score (nSPS) is 20.6. The minimum atomic E-state index is -0.594. The lowest BCUT2D eigenvalue weighted by Crippen LogP contribution is -2.35. The van der Waals surface area contributed by atoms with Gasteiger partial charge in [-0.15, -0.1) is 22.8 Å². The molecule has 1 fully saturated rings. The van der Waals surface area contributed by atoms with E-state index < -0.39 is 5.60 Å². The number of ether oxygens (including phenoxy) is 1. The average molecular weight is 551 g/mol. The average Bonchev–Trinajstić information content (AvgIpc) is 3.13. The minimum absolute atomic E-state index is 0.247. The van der Waals surface area contributed by atoms with E-state index in [1.54, 1.807) is 4.90 Å². The molecule has 1 aliphatic heterocycles. The van der Waals surface area contributed by atoms with Gasteiger partial charge in [0, 0.05) is 22.3 Å². The first-order valence-electron chi connectivity index (χ1n) is 12.1. The van der Waals surface area contributed by atoms with Gasteiger partial charge in [0.05, 0.1) is 23.1 Å². The highest BCUT2D eigenvalue weighted by Crippen LogP contribution is 2.39. The lowest BCUT2D eigenvalue weighted by Gasteiger charge is -2.30. The Morgan fingerprint density at radius 1 is 1.19 bits per heavy atom. The molecule has 0 bridgehead atoms. The summed E-state index contributed by atoms with van der Waals surface area (Å²) in [6.45, 7) is 12.4. The second-order valence-corrected chi connectivity index (χ2v) is 12.1. The maximum absolute atomic E-state index is 13.0. The Labute approximate surface area is 228 Å². The molecule has 1 N–H and O–H groups in total. The first-order chi connectivity index (χ1) is 16.9. The molecular formula is C26H33Cl2N5O2S. The van der Waals surface area contributed by atoms with E-state index in [1.165, 1.54) is 0 Å². The van der Waals surface area contributed by atoms with Crippen molar-refractivity contribution in [1.82, 2.24) is 25.0 Å². The highest BCUT2D eigenvalue weighted by atomic mass is 35.5. The van der Waals surface area contributed by atoms with Crippen molar-refractivity contribution >= 4 is 41.9 Å². The van der Waals surface area contributed by atoms with Gasteiger partial charge >= 0.3 is 6.09 Å². The smallest absolute Gasteiger partial charge is 0.411 e. The van der Waals surface area contributed by atoms with Crippen molar-refractivity contribution in [2.45, 2.75) is 78.0 Å². The molecule has 194 valence electrons. The van der Waals surface area contributed by atoms with E-state index in [9.17, 15) is 4.79 Å². The number of nitrogens with one attached hydrogen (secondary N) is 1. The van der Waals surface area contributed by atoms with Gasteiger partial charge < -0.3 is 10.1 Å². The number of rotatable bonds is 4. The third kappa shape index (κ3) is 6.03. The van der Waals surface area contributed by atoms with Gasteiger partial charge in [0.1, 0.15) is 11.4 Å². The predicted molar refractivity (Wildman–Crippen MR) is 146 cm³/mol. The molecule has 2 heterocycles. The molecule has 2 aromatic rings. The van der Waals surface area contributed by atoms with E-state index in [2.05, 4.69) is 39.3 Å². The maximum atomic E-state index is 13.0. The zero-order valence-corrected chi connectivity index (χ0v) is 23.6. The summed E-state index contributed by atoms with van der Waals surface area (Å²) < 4.78 is 8.21. The number of benzene rings is 1. The summed E-state index contributed by atoms with van der Waals surface area (Å²) in [5.74, 6) is 2.23. The Kier molecular flexibility index (Phi) is 7.98. The summed E-state index contributed by atoms with van der Waals surface area (Å²) in [5, 5.41) is 13.1. The summed E-state index contributed by atoms with van der Waals surface area (Å²) in [7, 11) is 0. The molecule has 1 aromatic carbocycles. The lowest BCUT2D eigenvalue weighted by molar-refractivity contribution is 0.0214. The fourth-order valence-corrected chi connectivity index (χ4v) is 5.14. The van der Waals surface area contributed by atoms with E-state index in [0.717, 1.165) is 54.2 Å². The number of aromatic nitrogens is 3. The fourth-order valence-electron chi connectivity index (χ4n) is 4.84. The zero-order valence-electron chi connectivity index (χ0n) is 21.1. The van der Waals surface area contributed by atoms with Crippen molar-refractivity contribution in [2.75, 3.05) is 0 Å². The number of halogens is 2. The van der Waals surface area contributed by atoms with Crippen LogP contribution in [0, 0.1) is 5.92 Å². The van der Waals surface area contributed by atoms with E-state index >= 15 is 0 Å². The molecule has 1 amide bonds. The maximum Gasteiger partial charge on any atom is 0.411 e. The van der Waals surface area contributed by atoms with Gasteiger partial charge in [-0.2, -0.15) is 0 Å². The number of nitrogens with zero attached hydrogens (tertiary/aromatic N) is 4. The number of amides is 1. The van der Waals surface area contributed by atoms with Crippen LogP contribution in [-0.4, -0.2) is 31.4 Å². The van der Waals surface area contributed by atoms with Crippen LogP contribution in [0.3, 0.4) is 0 Å². The standard InChI is InChI=1S/C26H33Cl2N5O2S/c1-15(29-16(2)23(28)36)17-6-8-18(9-7-17)24-31-30-22-14-32(25(34)35-26(3,4)5)13-19-12-20(27)10-11-21(19)33(22)24/h10-12,17-18,29,36H,1,6-9,13-14H2,2-5H3/b23-16-/t17-,18-. The molecule has 1 aromatic heterocycles. The molecule has 0 radical (unpaired) electrons. The zero-order chi connectivity index (χ0) is 26.2. The molecule has 4 rings (SSSR count). The number of hydrogen-bond acceptors (Lipinski definition) is 6. The molecule has 1 aliphatic carbocycles. The fraction of sp³-hybridized carbons (Fsp3) is 0.500. The second kappa shape index (κ2) is 10.7. The molecule has 0 saturated heterocycles. The van der Waals surface area contributed by atoms with Crippen LogP contribution in [0.25, 0.3) is 5.69 Å². The molecular weight excluding hydrogens is 517 g/mol. The van der Waals surface area contributed by atoms with Gasteiger partial charge in [0.2, 0.25) is 0 Å². The highest BCUT2D eigenvalue weighted by molar-refractivity contribution is 7.86. The quantitative estimate of drug-likeness (QED) is 0.405. The Balaban J connectivity index is 1.59. The van der Waals surface area contributed by atoms with Crippen molar-refractivity contribution < 1.29 is 9.53 Å². The van der Waals surface area contributed by atoms with Gasteiger partial charge in [-0.3, -0.25) is 9.47 Å². The topological polar surface area (TPSA) is 72.3 Å². The van der Waals surface area contributed by atoms with Crippen molar-refractivity contribution in [1.29, 1.82) is 0 Å². The molecule has 36 heavy (non-hydrogen) atoms. The van der Waals surface area contributed by atoms with Gasteiger partial charge in [0.15, 0.2) is 5.82 Å². The molecule has 0 unspecified atom stereocenters. The van der Waals surface area contributed by atoms with Crippen LogP contribution in [0.5, 0.6) is 0 Å². The number of carbonyl (C=O) groups excluding carboxylic acids is 1. The Morgan fingerprint density at radius 3 is 2.53 bits per heavy atom. The Morgan fingerprint density at radius 2 is 1.89 bits per heavy atom. The first-order valence-corrected chi connectivity index (χ1v) is 13.4. The first kappa shape index (κ1) is 26.9. The number of fused-ring (bicyclic) bond motifs is 3. The minimum Gasteiger partial charge on any atom is -0.444 e. The molecule has 7 nitrogen and oxygen atoms in total. The van der Waals surface area contributed by atoms with Crippen LogP contribution in [0.15, 0.2) is 40.5 Å². The van der Waals surface area contributed by atoms with Gasteiger partial charge in [-0.1, -0.05) is 29.8 Å². The summed E-state index contributed by atoms with van der Waals surface area (Å²) in [6.07, 6.45) is 3.49. The van der Waals surface area contributed by atoms with Gasteiger partial charge in [-0.05, 0) is 83.1 Å². The lowest BCUT2D eigenvalue weighted by atomic mass is 9.80. The molecule has 0 spiro atoms. The second-order valence-electron chi connectivity index (χ2n) is 10.5. The van der Waals surface area contributed by atoms with E-state index in [-0.39, 0.29) is 12.0 Å². The molecule has 1 saturated carbocycles. The summed E-state index contributed by atoms with van der Waals surface area (Å²) >= 11 is 16.5. The number of allylic oxidation sites excluding steroid dienone is 2. The van der Waals surface area contributed by atoms with E-state index in [4.69, 9.17) is 27.9 Å². The monoisotopic (exact) mass is 549 g/mol. The van der Waals surface area contributed by atoms with Crippen LogP contribution >= 0.6 is 35.8 Å². The summed E-state index contributed by atoms with van der Waals surface area (Å²) in [6, 6.07) is 5.76. The van der Waals surface area contributed by atoms with Crippen LogP contribution in [0.1, 0.15) is 76.5 Å². The molecule has 10 heteroatoms. The van der Waals surface area contributed by atoms with Crippen LogP contribution in [0.4, 0.5) is 4.79 Å². The summed E-state index contributed by atoms with van der Waals surface area (Å²) in [5.41, 5.74) is 3.07. The third-order valence-electron chi connectivity index (χ3n) is 6.63. The Bertz CT molecular complexity index is 1190. The van der Waals surface area contributed by atoms with E-state index in [1.807, 2.05) is 45.9 Å². The predicted octanol–water partition coefficient (Wildman–Crippen LogP) is 6.91. The van der Waals surface area contributed by atoms with Crippen LogP contribution < -0.4 is 5.32 Å². The number of hydrogen-bond donors (Lipinski definition) is 2. The SMILES string of the molecule is C=C(N/C(C)=C(\S)Cl)[C@H]1CC[C@H](c2nnc3n2-c2ccc(Cl)cc2CN(C(=O)OC(C)(C)C)C3)CC1. The third-order valence-corrected chi connectivity index (χ3v) is 7.48. The largest absolute Gasteiger partial charge is 0.444 e. The van der Waals surface area contributed by atoms with Crippen LogP contribution in [-0.2, 0) is 17.8 Å². The summed E-state index contributed by atoms with van der Waals surface area (Å²) in [4.78, 5) is 14.6. The number of thiol groups is 1. The highest BCUT2D eigenvalue weighted by Gasteiger charge is 2.33. The van der Waals surface area contributed by atoms with Crippen LogP contribution in [0.2, 0.25) is 5.02 Å². The van der Waals surface area contributed by atoms with E-state index in [0.29, 0.717) is 34.2 Å². The molecule has 0 atom stereocenters. The van der Waals surface area contributed by atoms with Crippen molar-refractivity contribution in [3.8, 4) is 5.69 Å². The Hall–Kier alpha value is -2.16.